The molecule has 0 saturated carbocycles. The zero-order valence-corrected chi connectivity index (χ0v) is 23.7. The number of amides is 1. The normalized spacial score (nSPS) is 17.6. The number of fused-ring (bicyclic) bond motifs is 2. The summed E-state index contributed by atoms with van der Waals surface area (Å²) in [5, 5.41) is 10.4. The zero-order chi connectivity index (χ0) is 27.9. The molecule has 0 aliphatic carbocycles. The smallest absolute Gasteiger partial charge is 0.225 e. The Hall–Kier alpha value is -3.93. The first-order chi connectivity index (χ1) is 18.9. The number of aryl methyl sites for hydroxylation is 3. The van der Waals surface area contributed by atoms with Crippen molar-refractivity contribution in [1.29, 1.82) is 0 Å². The summed E-state index contributed by atoms with van der Waals surface area (Å²) in [6, 6.07) is 4.47. The van der Waals surface area contributed by atoms with Crippen molar-refractivity contribution >= 4 is 34.6 Å². The number of thiazole rings is 1. The number of carbonyl (C=O) groups excluding carboxylic acids is 1. The number of halogens is 1. The summed E-state index contributed by atoms with van der Waals surface area (Å²) in [7, 11) is 1.91. The van der Waals surface area contributed by atoms with Crippen molar-refractivity contribution in [2.24, 2.45) is 7.05 Å². The van der Waals surface area contributed by atoms with E-state index in [0.29, 0.717) is 5.95 Å². The molecule has 2 aliphatic heterocycles. The SMILES string of the molecule is CC.Cc1ccc(Nc2nc(-c3cn(C)nc3C)cs2)nc1.O=CN1[C@@H]2CC[C@H]1CN(c1ncc(F)cn1)C2. The molecule has 0 radical (unpaired) electrons. The second-order valence-corrected chi connectivity index (χ2v) is 10.1. The van der Waals surface area contributed by atoms with Crippen molar-refractivity contribution < 1.29 is 9.18 Å². The van der Waals surface area contributed by atoms with E-state index < -0.39 is 5.82 Å². The molecule has 4 aromatic heterocycles. The Bertz CT molecular complexity index is 1340. The fourth-order valence-electron chi connectivity index (χ4n) is 4.70. The van der Waals surface area contributed by atoms with Crippen LogP contribution in [-0.2, 0) is 11.8 Å². The lowest BCUT2D eigenvalue weighted by molar-refractivity contribution is -0.121. The average Bonchev–Trinajstić information content (AvgIpc) is 3.61. The standard InChI is InChI=1S/C14H15N5S.C11H13FN4O.C2H6/c1-9-4-5-13(15-6-9)17-14-16-12(8-20-14)11-7-19(3)18-10(11)2;12-8-3-13-11(14-4-8)15-5-9-1-2-10(6-15)16(9)7-17;1-2/h4-8H,1-3H3,(H,15,16,17);3-4,7,9-10H,1-2,5-6H2;1-2H3/t;9-,10+;. The van der Waals surface area contributed by atoms with E-state index in [2.05, 4.69) is 30.4 Å². The summed E-state index contributed by atoms with van der Waals surface area (Å²) < 4.78 is 14.5. The molecule has 10 nitrogen and oxygen atoms in total. The van der Waals surface area contributed by atoms with Gasteiger partial charge in [0.25, 0.3) is 0 Å². The molecule has 0 spiro atoms. The predicted octanol–water partition coefficient (Wildman–Crippen LogP) is 4.75. The average molecular weight is 552 g/mol. The van der Waals surface area contributed by atoms with Gasteiger partial charge >= 0.3 is 0 Å². The number of hydrogen-bond acceptors (Lipinski definition) is 9. The molecule has 12 heteroatoms. The van der Waals surface area contributed by atoms with Crippen LogP contribution in [-0.4, -0.2) is 66.2 Å². The summed E-state index contributed by atoms with van der Waals surface area (Å²) in [6.45, 7) is 9.48. The Morgan fingerprint density at radius 1 is 1.05 bits per heavy atom. The fourth-order valence-corrected chi connectivity index (χ4v) is 5.41. The van der Waals surface area contributed by atoms with E-state index in [0.717, 1.165) is 65.8 Å². The van der Waals surface area contributed by atoms with Gasteiger partial charge in [-0.15, -0.1) is 11.3 Å². The number of rotatable bonds is 5. The van der Waals surface area contributed by atoms with Crippen molar-refractivity contribution in [1.82, 2.24) is 34.6 Å². The lowest BCUT2D eigenvalue weighted by Gasteiger charge is -2.38. The highest BCUT2D eigenvalue weighted by Crippen LogP contribution is 2.30. The topological polar surface area (TPSA) is 105 Å². The second kappa shape index (κ2) is 12.7. The molecule has 0 aromatic carbocycles. The van der Waals surface area contributed by atoms with Crippen LogP contribution in [0.5, 0.6) is 0 Å². The van der Waals surface area contributed by atoms with E-state index in [9.17, 15) is 9.18 Å². The minimum Gasteiger partial charge on any atom is -0.337 e. The van der Waals surface area contributed by atoms with Gasteiger partial charge in [0.1, 0.15) is 5.82 Å². The maximum Gasteiger partial charge on any atom is 0.225 e. The molecule has 2 saturated heterocycles. The third kappa shape index (κ3) is 6.75. The molecule has 4 aromatic rings. The number of hydrogen-bond donors (Lipinski definition) is 1. The Morgan fingerprint density at radius 2 is 1.74 bits per heavy atom. The first kappa shape index (κ1) is 28.1. The Morgan fingerprint density at radius 3 is 2.31 bits per heavy atom. The van der Waals surface area contributed by atoms with Gasteiger partial charge in [0.2, 0.25) is 12.4 Å². The largest absolute Gasteiger partial charge is 0.337 e. The Kier molecular flexibility index (Phi) is 9.18. The number of nitrogens with one attached hydrogen (secondary N) is 1. The molecular formula is C27H34FN9OS. The van der Waals surface area contributed by atoms with Crippen molar-refractivity contribution in [2.75, 3.05) is 23.3 Å². The molecule has 2 atom stereocenters. The van der Waals surface area contributed by atoms with Crippen LogP contribution in [0.4, 0.5) is 21.3 Å². The maximum atomic E-state index is 12.7. The molecule has 1 amide bonds. The second-order valence-electron chi connectivity index (χ2n) is 9.23. The van der Waals surface area contributed by atoms with Crippen LogP contribution in [0.15, 0.2) is 42.3 Å². The van der Waals surface area contributed by atoms with Crippen molar-refractivity contribution in [2.45, 2.75) is 52.6 Å². The number of pyridine rings is 1. The number of anilines is 3. The minimum atomic E-state index is -0.428. The first-order valence-corrected chi connectivity index (χ1v) is 13.9. The molecule has 206 valence electrons. The van der Waals surface area contributed by atoms with E-state index in [1.165, 1.54) is 12.4 Å². The van der Waals surface area contributed by atoms with Gasteiger partial charge in [-0.3, -0.25) is 9.48 Å². The number of carbonyl (C=O) groups is 1. The number of nitrogens with zero attached hydrogens (tertiary/aromatic N) is 8. The third-order valence-corrected chi connectivity index (χ3v) is 7.25. The summed E-state index contributed by atoms with van der Waals surface area (Å²) in [5.41, 5.74) is 4.13. The Labute approximate surface area is 232 Å². The quantitative estimate of drug-likeness (QED) is 0.355. The van der Waals surface area contributed by atoms with Crippen molar-refractivity contribution in [3.05, 3.63) is 59.4 Å². The highest BCUT2D eigenvalue weighted by molar-refractivity contribution is 7.14. The van der Waals surface area contributed by atoms with Crippen LogP contribution in [0.25, 0.3) is 11.3 Å². The van der Waals surface area contributed by atoms with Gasteiger partial charge in [0.15, 0.2) is 10.9 Å². The van der Waals surface area contributed by atoms with Gasteiger partial charge in [-0.1, -0.05) is 19.9 Å². The van der Waals surface area contributed by atoms with Gasteiger partial charge in [-0.05, 0) is 38.3 Å². The monoisotopic (exact) mass is 551 g/mol. The zero-order valence-electron chi connectivity index (χ0n) is 22.9. The van der Waals surface area contributed by atoms with Crippen LogP contribution in [0, 0.1) is 19.7 Å². The minimum absolute atomic E-state index is 0.250. The van der Waals surface area contributed by atoms with Crippen LogP contribution in [0.3, 0.4) is 0 Å². The molecule has 6 rings (SSSR count). The molecule has 0 unspecified atom stereocenters. The van der Waals surface area contributed by atoms with Crippen molar-refractivity contribution in [3.63, 3.8) is 0 Å². The van der Waals surface area contributed by atoms with Gasteiger partial charge < -0.3 is 15.1 Å². The highest BCUT2D eigenvalue weighted by Gasteiger charge is 2.39. The van der Waals surface area contributed by atoms with Gasteiger partial charge in [-0.2, -0.15) is 5.10 Å². The predicted molar refractivity (Wildman–Crippen MR) is 152 cm³/mol. The molecule has 2 bridgehead atoms. The van der Waals surface area contributed by atoms with Crippen LogP contribution < -0.4 is 10.2 Å². The molecule has 2 aliphatic rings. The Balaban J connectivity index is 0.000000172. The van der Waals surface area contributed by atoms with Gasteiger partial charge in [0.05, 0.1) is 23.8 Å². The fraction of sp³-hybridized carbons (Fsp3) is 0.407. The highest BCUT2D eigenvalue weighted by atomic mass is 32.1. The first-order valence-electron chi connectivity index (χ1n) is 13.0. The van der Waals surface area contributed by atoms with E-state index in [1.807, 2.05) is 74.4 Å². The van der Waals surface area contributed by atoms with E-state index in [1.54, 1.807) is 16.0 Å². The summed E-state index contributed by atoms with van der Waals surface area (Å²) >= 11 is 1.56. The summed E-state index contributed by atoms with van der Waals surface area (Å²) in [5.74, 6) is 0.927. The summed E-state index contributed by atoms with van der Waals surface area (Å²) in [4.78, 5) is 31.7. The van der Waals surface area contributed by atoms with Gasteiger partial charge in [-0.25, -0.2) is 24.3 Å². The maximum absolute atomic E-state index is 12.7. The number of piperazine rings is 1. The van der Waals surface area contributed by atoms with E-state index in [4.69, 9.17) is 0 Å². The van der Waals surface area contributed by atoms with Crippen LogP contribution >= 0.6 is 11.3 Å². The molecule has 39 heavy (non-hydrogen) atoms. The molecule has 2 fully saturated rings. The van der Waals surface area contributed by atoms with Crippen molar-refractivity contribution in [3.8, 4) is 11.3 Å². The van der Waals surface area contributed by atoms with Gasteiger partial charge in [0, 0.05) is 55.6 Å². The van der Waals surface area contributed by atoms with E-state index in [-0.39, 0.29) is 12.1 Å². The van der Waals surface area contributed by atoms with Crippen LogP contribution in [0.2, 0.25) is 0 Å². The lowest BCUT2D eigenvalue weighted by Crippen LogP contribution is -2.53. The van der Waals surface area contributed by atoms with Crippen LogP contribution in [0.1, 0.15) is 37.9 Å². The summed E-state index contributed by atoms with van der Waals surface area (Å²) in [6.07, 6.45) is 9.17. The molecular weight excluding hydrogens is 517 g/mol. The molecule has 1 N–H and O–H groups in total. The third-order valence-electron chi connectivity index (χ3n) is 6.49. The lowest BCUT2D eigenvalue weighted by atomic mass is 10.2. The van der Waals surface area contributed by atoms with E-state index >= 15 is 0 Å². The number of aromatic nitrogens is 6. The molecule has 6 heterocycles.